The summed E-state index contributed by atoms with van der Waals surface area (Å²) in [4.78, 5) is 11.3. The molecule has 14 heavy (non-hydrogen) atoms. The first-order valence-electron chi connectivity index (χ1n) is 4.54. The van der Waals surface area contributed by atoms with Crippen LogP contribution in [0.3, 0.4) is 0 Å². The van der Waals surface area contributed by atoms with E-state index < -0.39 is 6.04 Å². The molecule has 0 spiro atoms. The maximum absolute atomic E-state index is 11.3. The molecule has 0 saturated heterocycles. The highest BCUT2D eigenvalue weighted by molar-refractivity contribution is 5.78. The quantitative estimate of drug-likeness (QED) is 0.662. The van der Waals surface area contributed by atoms with E-state index in [0.29, 0.717) is 0 Å². The molecule has 2 rings (SSSR count). The van der Waals surface area contributed by atoms with Gasteiger partial charge in [-0.05, 0) is 18.9 Å². The van der Waals surface area contributed by atoms with E-state index in [1.807, 2.05) is 6.07 Å². The van der Waals surface area contributed by atoms with Crippen LogP contribution >= 0.6 is 0 Å². The van der Waals surface area contributed by atoms with Gasteiger partial charge < -0.3 is 10.5 Å². The summed E-state index contributed by atoms with van der Waals surface area (Å²) < 4.78 is 4.64. The third-order valence-electron chi connectivity index (χ3n) is 2.88. The molecule has 1 saturated carbocycles. The zero-order valence-corrected chi connectivity index (χ0v) is 7.99. The van der Waals surface area contributed by atoms with Crippen LogP contribution in [-0.4, -0.2) is 29.3 Å². The van der Waals surface area contributed by atoms with Gasteiger partial charge in [0, 0.05) is 17.3 Å². The summed E-state index contributed by atoms with van der Waals surface area (Å²) in [7, 11) is 1.35. The number of rotatable bonds is 3. The predicted molar refractivity (Wildman–Crippen MR) is 49.5 cm³/mol. The number of aromatic amines is 1. The average Bonchev–Trinajstić information content (AvgIpc) is 2.84. The number of H-pyrrole nitrogens is 1. The molecule has 76 valence electrons. The lowest BCUT2D eigenvalue weighted by atomic mass is 9.93. The second-order valence-corrected chi connectivity index (χ2v) is 3.63. The van der Waals surface area contributed by atoms with Crippen LogP contribution in [-0.2, 0) is 14.9 Å². The number of ether oxygens (including phenoxy) is 1. The highest BCUT2D eigenvalue weighted by Crippen LogP contribution is 2.49. The molecule has 5 heteroatoms. The Morgan fingerprint density at radius 2 is 2.50 bits per heavy atom. The second-order valence-electron chi connectivity index (χ2n) is 3.63. The van der Waals surface area contributed by atoms with Gasteiger partial charge in [-0.1, -0.05) is 0 Å². The summed E-state index contributed by atoms with van der Waals surface area (Å²) >= 11 is 0. The van der Waals surface area contributed by atoms with Gasteiger partial charge in [0.2, 0.25) is 0 Å². The number of carbonyl (C=O) groups excluding carboxylic acids is 1. The number of nitrogens with one attached hydrogen (secondary N) is 1. The molecule has 1 fully saturated rings. The van der Waals surface area contributed by atoms with Gasteiger partial charge in [-0.15, -0.1) is 0 Å². The summed E-state index contributed by atoms with van der Waals surface area (Å²) in [5.74, 6) is -0.364. The Bertz CT molecular complexity index is 330. The Kier molecular flexibility index (Phi) is 2.03. The lowest BCUT2D eigenvalue weighted by Gasteiger charge is -2.19. The number of nitrogens with two attached hydrogens (primary N) is 1. The topological polar surface area (TPSA) is 81.0 Å². The van der Waals surface area contributed by atoms with Crippen molar-refractivity contribution in [2.24, 2.45) is 5.73 Å². The van der Waals surface area contributed by atoms with Gasteiger partial charge in [0.15, 0.2) is 0 Å². The summed E-state index contributed by atoms with van der Waals surface area (Å²) in [6.07, 6.45) is 3.48. The molecule has 1 unspecified atom stereocenters. The number of esters is 1. The zero-order chi connectivity index (χ0) is 10.2. The number of hydrogen-bond donors (Lipinski definition) is 2. The number of carbonyl (C=O) groups is 1. The SMILES string of the molecule is COC(=O)C(N)C1(c2ccn[nH]2)CC1. The lowest BCUT2D eigenvalue weighted by Crippen LogP contribution is -2.43. The first-order valence-corrected chi connectivity index (χ1v) is 4.54. The van der Waals surface area contributed by atoms with Gasteiger partial charge in [-0.25, -0.2) is 0 Å². The van der Waals surface area contributed by atoms with Gasteiger partial charge in [0.25, 0.3) is 0 Å². The molecule has 1 heterocycles. The van der Waals surface area contributed by atoms with Crippen LogP contribution < -0.4 is 5.73 Å². The molecular weight excluding hydrogens is 182 g/mol. The molecule has 5 nitrogen and oxygen atoms in total. The third-order valence-corrected chi connectivity index (χ3v) is 2.88. The van der Waals surface area contributed by atoms with Crippen molar-refractivity contribution in [3.8, 4) is 0 Å². The molecule has 1 aliphatic rings. The molecule has 1 aromatic rings. The van der Waals surface area contributed by atoms with Crippen molar-refractivity contribution < 1.29 is 9.53 Å². The highest BCUT2D eigenvalue weighted by atomic mass is 16.5. The summed E-state index contributed by atoms with van der Waals surface area (Å²) in [5, 5.41) is 6.73. The van der Waals surface area contributed by atoms with Gasteiger partial charge >= 0.3 is 5.97 Å². The van der Waals surface area contributed by atoms with Crippen LogP contribution in [0.15, 0.2) is 12.3 Å². The number of nitrogens with zero attached hydrogens (tertiary/aromatic N) is 1. The Morgan fingerprint density at radius 3 is 2.93 bits per heavy atom. The number of hydrogen-bond acceptors (Lipinski definition) is 4. The Hall–Kier alpha value is -1.36. The third kappa shape index (κ3) is 1.21. The van der Waals surface area contributed by atoms with Crippen molar-refractivity contribution in [1.29, 1.82) is 0 Å². The van der Waals surface area contributed by atoms with Crippen molar-refractivity contribution in [2.45, 2.75) is 24.3 Å². The monoisotopic (exact) mass is 195 g/mol. The van der Waals surface area contributed by atoms with E-state index in [2.05, 4.69) is 14.9 Å². The molecule has 1 aromatic heterocycles. The molecular formula is C9H13N3O2. The molecule has 1 aliphatic carbocycles. The fourth-order valence-electron chi connectivity index (χ4n) is 1.77. The second kappa shape index (κ2) is 3.09. The van der Waals surface area contributed by atoms with Crippen LogP contribution in [0.25, 0.3) is 0 Å². The molecule has 0 aromatic carbocycles. The Balaban J connectivity index is 2.21. The van der Waals surface area contributed by atoms with Gasteiger partial charge in [0.05, 0.1) is 7.11 Å². The van der Waals surface area contributed by atoms with Crippen molar-refractivity contribution in [2.75, 3.05) is 7.11 Å². The van der Waals surface area contributed by atoms with Crippen LogP contribution in [0, 0.1) is 0 Å². The minimum atomic E-state index is -0.590. The minimum absolute atomic E-state index is 0.260. The van der Waals surface area contributed by atoms with E-state index in [-0.39, 0.29) is 11.4 Å². The molecule has 1 atom stereocenters. The van der Waals surface area contributed by atoms with Crippen LogP contribution in [0.2, 0.25) is 0 Å². The minimum Gasteiger partial charge on any atom is -0.468 e. The fraction of sp³-hybridized carbons (Fsp3) is 0.556. The lowest BCUT2D eigenvalue weighted by molar-refractivity contribution is -0.143. The highest BCUT2D eigenvalue weighted by Gasteiger charge is 2.53. The van der Waals surface area contributed by atoms with E-state index in [4.69, 9.17) is 5.73 Å². The van der Waals surface area contributed by atoms with E-state index in [0.717, 1.165) is 18.5 Å². The maximum atomic E-state index is 11.3. The van der Waals surface area contributed by atoms with Crippen molar-refractivity contribution in [1.82, 2.24) is 10.2 Å². The largest absolute Gasteiger partial charge is 0.468 e. The predicted octanol–water partition coefficient (Wildman–Crippen LogP) is -0.0584. The average molecular weight is 195 g/mol. The van der Waals surface area contributed by atoms with E-state index in [9.17, 15) is 4.79 Å². The van der Waals surface area contributed by atoms with Crippen LogP contribution in [0.4, 0.5) is 0 Å². The van der Waals surface area contributed by atoms with Gasteiger partial charge in [-0.3, -0.25) is 9.89 Å². The first kappa shape index (κ1) is 9.21. The van der Waals surface area contributed by atoms with Gasteiger partial charge in [-0.2, -0.15) is 5.10 Å². The van der Waals surface area contributed by atoms with Crippen molar-refractivity contribution in [3.63, 3.8) is 0 Å². The number of methoxy groups -OCH3 is 1. The number of aromatic nitrogens is 2. The Labute approximate surface area is 81.6 Å². The summed E-state index contributed by atoms with van der Waals surface area (Å²) in [5.41, 5.74) is 6.50. The van der Waals surface area contributed by atoms with Crippen molar-refractivity contribution in [3.05, 3.63) is 18.0 Å². The normalized spacial score (nSPS) is 20.1. The van der Waals surface area contributed by atoms with E-state index >= 15 is 0 Å². The molecule has 0 bridgehead atoms. The molecule has 0 amide bonds. The molecule has 3 N–H and O–H groups in total. The summed E-state index contributed by atoms with van der Waals surface area (Å²) in [6, 6.07) is 1.27. The van der Waals surface area contributed by atoms with E-state index in [1.165, 1.54) is 7.11 Å². The standard InChI is InChI=1S/C9H13N3O2/c1-14-8(13)7(10)9(3-4-9)6-2-5-11-12-6/h2,5,7H,3-4,10H2,1H3,(H,11,12). The summed E-state index contributed by atoms with van der Waals surface area (Å²) in [6.45, 7) is 0. The first-order chi connectivity index (χ1) is 6.70. The maximum Gasteiger partial charge on any atom is 0.323 e. The van der Waals surface area contributed by atoms with Crippen LogP contribution in [0.5, 0.6) is 0 Å². The fourth-order valence-corrected chi connectivity index (χ4v) is 1.77. The van der Waals surface area contributed by atoms with Gasteiger partial charge in [0.1, 0.15) is 6.04 Å². The molecule has 0 aliphatic heterocycles. The molecule has 0 radical (unpaired) electrons. The van der Waals surface area contributed by atoms with Crippen molar-refractivity contribution >= 4 is 5.97 Å². The zero-order valence-electron chi connectivity index (χ0n) is 7.99. The van der Waals surface area contributed by atoms with Crippen LogP contribution in [0.1, 0.15) is 18.5 Å². The Morgan fingerprint density at radius 1 is 1.79 bits per heavy atom. The smallest absolute Gasteiger partial charge is 0.323 e. The van der Waals surface area contributed by atoms with E-state index in [1.54, 1.807) is 6.20 Å².